The molecular weight excluding hydrogens is 230 g/mol. The van der Waals surface area contributed by atoms with Crippen LogP contribution in [0.15, 0.2) is 10.9 Å². The standard InChI is InChI=1S/C13H23N3O2/c1-5-18-11(13(2,3)4)12-15-9(6-7-14)8-10(17)16-12/h8,11H,5-7,14H2,1-4H3,(H,15,16,17). The van der Waals surface area contributed by atoms with Crippen LogP contribution in [0.25, 0.3) is 0 Å². The Balaban J connectivity index is 3.15. The van der Waals surface area contributed by atoms with Crippen molar-refractivity contribution < 1.29 is 4.74 Å². The van der Waals surface area contributed by atoms with Crippen LogP contribution in [-0.2, 0) is 11.2 Å². The van der Waals surface area contributed by atoms with Gasteiger partial charge in [0.05, 0.1) is 0 Å². The predicted molar refractivity (Wildman–Crippen MR) is 71.4 cm³/mol. The molecule has 5 heteroatoms. The van der Waals surface area contributed by atoms with Crippen molar-refractivity contribution in [3.63, 3.8) is 0 Å². The average Bonchev–Trinajstić information content (AvgIpc) is 2.23. The number of nitrogens with two attached hydrogens (primary N) is 1. The smallest absolute Gasteiger partial charge is 0.251 e. The van der Waals surface area contributed by atoms with Crippen LogP contribution in [0.2, 0.25) is 0 Å². The van der Waals surface area contributed by atoms with E-state index in [0.29, 0.717) is 31.1 Å². The Bertz CT molecular complexity index is 435. The first kappa shape index (κ1) is 14.9. The molecule has 0 bridgehead atoms. The predicted octanol–water partition coefficient (Wildman–Crippen LogP) is 1.39. The molecule has 1 rings (SSSR count). The lowest BCUT2D eigenvalue weighted by Gasteiger charge is -2.29. The third-order valence-corrected chi connectivity index (χ3v) is 2.58. The number of rotatable bonds is 5. The number of hydrogen-bond donors (Lipinski definition) is 2. The van der Waals surface area contributed by atoms with E-state index in [4.69, 9.17) is 10.5 Å². The molecule has 0 amide bonds. The number of nitrogens with one attached hydrogen (secondary N) is 1. The van der Waals surface area contributed by atoms with Crippen LogP contribution in [0.3, 0.4) is 0 Å². The van der Waals surface area contributed by atoms with Crippen molar-refractivity contribution in [2.45, 2.75) is 40.2 Å². The molecule has 1 aromatic heterocycles. The minimum absolute atomic E-state index is 0.132. The maximum absolute atomic E-state index is 11.6. The van der Waals surface area contributed by atoms with Crippen LogP contribution >= 0.6 is 0 Å². The van der Waals surface area contributed by atoms with Crippen molar-refractivity contribution in [3.05, 3.63) is 27.9 Å². The molecule has 102 valence electrons. The fraction of sp³-hybridized carbons (Fsp3) is 0.692. The molecule has 0 saturated heterocycles. The van der Waals surface area contributed by atoms with Crippen LogP contribution in [0, 0.1) is 5.41 Å². The molecular formula is C13H23N3O2. The molecule has 1 unspecified atom stereocenters. The quantitative estimate of drug-likeness (QED) is 0.831. The highest BCUT2D eigenvalue weighted by Gasteiger charge is 2.29. The summed E-state index contributed by atoms with van der Waals surface area (Å²) >= 11 is 0. The van der Waals surface area contributed by atoms with E-state index in [0.717, 1.165) is 0 Å². The van der Waals surface area contributed by atoms with Crippen molar-refractivity contribution in [2.24, 2.45) is 11.1 Å². The molecule has 3 N–H and O–H groups in total. The molecule has 0 spiro atoms. The Morgan fingerprint density at radius 2 is 2.17 bits per heavy atom. The molecule has 0 saturated carbocycles. The lowest BCUT2D eigenvalue weighted by atomic mass is 9.88. The van der Waals surface area contributed by atoms with Gasteiger partial charge in [-0.15, -0.1) is 0 Å². The van der Waals surface area contributed by atoms with E-state index in [1.807, 2.05) is 6.92 Å². The van der Waals surface area contributed by atoms with Gasteiger partial charge in [-0.25, -0.2) is 4.98 Å². The first-order valence-electron chi connectivity index (χ1n) is 6.30. The Labute approximate surface area is 108 Å². The number of hydrogen-bond acceptors (Lipinski definition) is 4. The summed E-state index contributed by atoms with van der Waals surface area (Å²) in [5, 5.41) is 0. The fourth-order valence-electron chi connectivity index (χ4n) is 1.83. The second kappa shape index (κ2) is 6.11. The van der Waals surface area contributed by atoms with E-state index >= 15 is 0 Å². The van der Waals surface area contributed by atoms with E-state index in [1.54, 1.807) is 0 Å². The summed E-state index contributed by atoms with van der Waals surface area (Å²) in [7, 11) is 0. The summed E-state index contributed by atoms with van der Waals surface area (Å²) in [4.78, 5) is 18.8. The monoisotopic (exact) mass is 253 g/mol. The van der Waals surface area contributed by atoms with Crippen LogP contribution < -0.4 is 11.3 Å². The summed E-state index contributed by atoms with van der Waals surface area (Å²) < 4.78 is 5.72. The molecule has 0 aliphatic carbocycles. The normalized spacial score (nSPS) is 13.6. The number of nitrogens with zero attached hydrogens (tertiary/aromatic N) is 1. The number of H-pyrrole nitrogens is 1. The average molecular weight is 253 g/mol. The van der Waals surface area contributed by atoms with Crippen LogP contribution in [0.1, 0.15) is 45.3 Å². The zero-order valence-electron chi connectivity index (χ0n) is 11.6. The molecule has 0 aromatic carbocycles. The number of aromatic nitrogens is 2. The van der Waals surface area contributed by atoms with Gasteiger partial charge >= 0.3 is 0 Å². The summed E-state index contributed by atoms with van der Waals surface area (Å²) in [6, 6.07) is 1.49. The Hall–Kier alpha value is -1.20. The van der Waals surface area contributed by atoms with Gasteiger partial charge in [0.2, 0.25) is 0 Å². The van der Waals surface area contributed by atoms with E-state index in [2.05, 4.69) is 30.7 Å². The number of ether oxygens (including phenoxy) is 1. The van der Waals surface area contributed by atoms with Gasteiger partial charge in [0.25, 0.3) is 5.56 Å². The molecule has 0 radical (unpaired) electrons. The van der Waals surface area contributed by atoms with Crippen molar-refractivity contribution in [1.82, 2.24) is 9.97 Å². The summed E-state index contributed by atoms with van der Waals surface area (Å²) in [5.74, 6) is 0.584. The van der Waals surface area contributed by atoms with Gasteiger partial charge in [-0.3, -0.25) is 4.79 Å². The minimum Gasteiger partial charge on any atom is -0.370 e. The van der Waals surface area contributed by atoms with E-state index in [1.165, 1.54) is 6.07 Å². The van der Waals surface area contributed by atoms with Crippen LogP contribution in [0.5, 0.6) is 0 Å². The first-order chi connectivity index (χ1) is 8.38. The molecule has 18 heavy (non-hydrogen) atoms. The Morgan fingerprint density at radius 3 is 2.67 bits per heavy atom. The second-order valence-electron chi connectivity index (χ2n) is 5.36. The zero-order chi connectivity index (χ0) is 13.8. The van der Waals surface area contributed by atoms with Gasteiger partial charge in [-0.05, 0) is 18.9 Å². The highest BCUT2D eigenvalue weighted by Crippen LogP contribution is 2.33. The Kier molecular flexibility index (Phi) is 5.04. The maximum Gasteiger partial charge on any atom is 0.251 e. The summed E-state index contributed by atoms with van der Waals surface area (Å²) in [5.41, 5.74) is 5.92. The van der Waals surface area contributed by atoms with E-state index in [-0.39, 0.29) is 17.1 Å². The zero-order valence-corrected chi connectivity index (χ0v) is 11.6. The van der Waals surface area contributed by atoms with Crippen LogP contribution in [-0.4, -0.2) is 23.1 Å². The van der Waals surface area contributed by atoms with Gasteiger partial charge in [0.15, 0.2) is 0 Å². The van der Waals surface area contributed by atoms with Crippen molar-refractivity contribution in [1.29, 1.82) is 0 Å². The second-order valence-corrected chi connectivity index (χ2v) is 5.36. The van der Waals surface area contributed by atoms with Crippen molar-refractivity contribution in [3.8, 4) is 0 Å². The topological polar surface area (TPSA) is 81.0 Å². The molecule has 1 aromatic rings. The van der Waals surface area contributed by atoms with E-state index < -0.39 is 0 Å². The third kappa shape index (κ3) is 3.92. The molecule has 1 atom stereocenters. The van der Waals surface area contributed by atoms with Crippen LogP contribution in [0.4, 0.5) is 0 Å². The van der Waals surface area contributed by atoms with Gasteiger partial charge < -0.3 is 15.5 Å². The van der Waals surface area contributed by atoms with Gasteiger partial charge in [0, 0.05) is 24.8 Å². The van der Waals surface area contributed by atoms with Crippen molar-refractivity contribution >= 4 is 0 Å². The highest BCUT2D eigenvalue weighted by atomic mass is 16.5. The fourth-order valence-corrected chi connectivity index (χ4v) is 1.83. The lowest BCUT2D eigenvalue weighted by Crippen LogP contribution is -2.27. The van der Waals surface area contributed by atoms with Crippen molar-refractivity contribution in [2.75, 3.05) is 13.2 Å². The van der Waals surface area contributed by atoms with Gasteiger partial charge in [-0.2, -0.15) is 0 Å². The largest absolute Gasteiger partial charge is 0.370 e. The summed E-state index contributed by atoms with van der Waals surface area (Å²) in [6.07, 6.45) is 0.368. The maximum atomic E-state index is 11.6. The molecule has 5 nitrogen and oxygen atoms in total. The lowest BCUT2D eigenvalue weighted by molar-refractivity contribution is -0.0194. The molecule has 0 fully saturated rings. The van der Waals surface area contributed by atoms with Gasteiger partial charge in [0.1, 0.15) is 11.9 Å². The third-order valence-electron chi connectivity index (χ3n) is 2.58. The molecule has 1 heterocycles. The number of aromatic amines is 1. The first-order valence-corrected chi connectivity index (χ1v) is 6.30. The molecule has 0 aliphatic heterocycles. The van der Waals surface area contributed by atoms with E-state index in [9.17, 15) is 4.79 Å². The highest BCUT2D eigenvalue weighted by molar-refractivity contribution is 5.06. The minimum atomic E-state index is -0.229. The summed E-state index contributed by atoms with van der Waals surface area (Å²) in [6.45, 7) is 9.16. The van der Waals surface area contributed by atoms with Gasteiger partial charge in [-0.1, -0.05) is 20.8 Å². The molecule has 0 aliphatic rings. The SMILES string of the molecule is CCOC(c1nc(CCN)cc(=O)[nH]1)C(C)(C)C. The Morgan fingerprint density at radius 1 is 1.50 bits per heavy atom.